The predicted molar refractivity (Wildman–Crippen MR) is 28.7 cm³/mol. The van der Waals surface area contributed by atoms with Crippen LogP contribution in [0.25, 0.3) is 9.69 Å². The molecule has 0 atom stereocenters. The van der Waals surface area contributed by atoms with Crippen LogP contribution in [0.3, 0.4) is 0 Å². The van der Waals surface area contributed by atoms with E-state index < -0.39 is 0 Å². The van der Waals surface area contributed by atoms with E-state index in [2.05, 4.69) is 22.3 Å². The van der Waals surface area contributed by atoms with Gasteiger partial charge in [-0.15, -0.1) is 5.41 Å². The van der Waals surface area contributed by atoms with Crippen LogP contribution in [0.2, 0.25) is 0 Å². The summed E-state index contributed by atoms with van der Waals surface area (Å²) in [6, 6.07) is 0. The molecule has 0 unspecified atom stereocenters. The van der Waals surface area contributed by atoms with Gasteiger partial charge in [-0.05, 0) is 0 Å². The molecule has 0 saturated heterocycles. The van der Waals surface area contributed by atoms with Crippen molar-refractivity contribution >= 4 is 12.6 Å². The van der Waals surface area contributed by atoms with Gasteiger partial charge in [0.25, 0.3) is 0 Å². The fraction of sp³-hybridized carbons (Fsp3) is 0. The molecule has 0 rings (SSSR count). The van der Waals surface area contributed by atoms with Gasteiger partial charge in [-0.1, -0.05) is 0 Å². The fourth-order valence-electron chi connectivity index (χ4n) is 0.0777. The van der Waals surface area contributed by atoms with E-state index in [9.17, 15) is 0 Å². The van der Waals surface area contributed by atoms with Gasteiger partial charge in [-0.3, -0.25) is 0 Å². The Morgan fingerprint density at radius 1 is 1.38 bits per heavy atom. The third kappa shape index (κ3) is 3.86. The van der Waals surface area contributed by atoms with E-state index in [4.69, 9.17) is 13.1 Å². The molecular formula is C4HAuN2S. The Labute approximate surface area is 69.1 Å². The van der Waals surface area contributed by atoms with Crippen molar-refractivity contribution in [2.45, 2.75) is 0 Å². The maximum Gasteiger partial charge on any atom is 1.00 e. The summed E-state index contributed by atoms with van der Waals surface area (Å²) in [5, 5.41) is 1.07. The standard InChI is InChI=1S/C4H2N2S.Au/c1-5-4(3-7)6-2;/h3,7H;/q;+1/p-1. The van der Waals surface area contributed by atoms with Crippen molar-refractivity contribution in [2.24, 2.45) is 0 Å². The minimum Gasteiger partial charge on any atom is -0.792 e. The molecule has 4 heteroatoms. The Balaban J connectivity index is 0. The molecule has 0 bridgehead atoms. The molecule has 0 amide bonds. The van der Waals surface area contributed by atoms with Crippen LogP contribution in [-0.4, -0.2) is 0 Å². The average molecular weight is 306 g/mol. The van der Waals surface area contributed by atoms with Gasteiger partial charge in [-0.25, -0.2) is 0 Å². The molecule has 0 aliphatic carbocycles. The largest absolute Gasteiger partial charge is 1.00 e. The van der Waals surface area contributed by atoms with Crippen LogP contribution in [0.1, 0.15) is 0 Å². The van der Waals surface area contributed by atoms with Crippen LogP contribution in [0, 0.1) is 13.1 Å². The maximum absolute atomic E-state index is 6.24. The molecule has 0 fully saturated rings. The number of hydrogen-bond donors (Lipinski definition) is 0. The van der Waals surface area contributed by atoms with Crippen LogP contribution in [0.4, 0.5) is 0 Å². The smallest absolute Gasteiger partial charge is 0.792 e. The first-order chi connectivity index (χ1) is 3.35. The van der Waals surface area contributed by atoms with Crippen molar-refractivity contribution in [1.82, 2.24) is 0 Å². The first-order valence-corrected chi connectivity index (χ1v) is 1.89. The number of nitrogens with zero attached hydrogens (tertiary/aromatic N) is 2. The van der Waals surface area contributed by atoms with Crippen molar-refractivity contribution in [3.05, 3.63) is 34.1 Å². The molecular weight excluding hydrogens is 305 g/mol. The Hall–Kier alpha value is -0.320. The maximum atomic E-state index is 6.24. The van der Waals surface area contributed by atoms with Gasteiger partial charge in [0.1, 0.15) is 13.1 Å². The second-order valence-electron chi connectivity index (χ2n) is 0.700. The molecule has 2 nitrogen and oxygen atoms in total. The van der Waals surface area contributed by atoms with Crippen molar-refractivity contribution in [1.29, 1.82) is 0 Å². The summed E-state index contributed by atoms with van der Waals surface area (Å²) in [6.07, 6.45) is 0. The monoisotopic (exact) mass is 306 g/mol. The summed E-state index contributed by atoms with van der Waals surface area (Å²) in [4.78, 5) is 5.56. The fourth-order valence-corrected chi connectivity index (χ4v) is 0.183. The van der Waals surface area contributed by atoms with Gasteiger partial charge < -0.3 is 12.6 Å². The van der Waals surface area contributed by atoms with E-state index in [1.165, 1.54) is 0 Å². The first kappa shape index (κ1) is 10.6. The van der Waals surface area contributed by atoms with E-state index in [0.29, 0.717) is 0 Å². The first-order valence-electron chi connectivity index (χ1n) is 1.42. The summed E-state index contributed by atoms with van der Waals surface area (Å²) >= 11 is 4.28. The minimum absolute atomic E-state index is 0. The van der Waals surface area contributed by atoms with Crippen LogP contribution < -0.4 is 0 Å². The van der Waals surface area contributed by atoms with Crippen LogP contribution >= 0.6 is 0 Å². The Morgan fingerprint density at radius 3 is 1.75 bits per heavy atom. The molecule has 0 spiro atoms. The molecule has 0 heterocycles. The Kier molecular flexibility index (Phi) is 8.87. The van der Waals surface area contributed by atoms with Gasteiger partial charge in [0, 0.05) is 0 Å². The topological polar surface area (TPSA) is 8.72 Å². The SMILES string of the molecule is [Au+].[C-]#[N+]C(=C[S-])[N+]#[C-]. The second-order valence-corrected chi connectivity index (χ2v) is 0.935. The van der Waals surface area contributed by atoms with Crippen LogP contribution in [0.5, 0.6) is 0 Å². The molecule has 0 N–H and O–H groups in total. The zero-order chi connectivity index (χ0) is 5.70. The normalized spacial score (nSPS) is 4.75. The van der Waals surface area contributed by atoms with E-state index in [1.54, 1.807) is 0 Å². The minimum atomic E-state index is -0.0463. The molecule has 0 aromatic carbocycles. The van der Waals surface area contributed by atoms with Gasteiger partial charge in [-0.2, -0.15) is 9.69 Å². The molecule has 0 aromatic heterocycles. The zero-order valence-electron chi connectivity index (χ0n) is 3.68. The molecule has 0 aromatic rings. The summed E-state index contributed by atoms with van der Waals surface area (Å²) < 4.78 is 0. The second kappa shape index (κ2) is 6.68. The number of hydrogen-bond acceptors (Lipinski definition) is 1. The predicted octanol–water partition coefficient (Wildman–Crippen LogP) is 1.17. The molecule has 44 valence electrons. The van der Waals surface area contributed by atoms with Gasteiger partial charge in [0.05, 0.1) is 0 Å². The van der Waals surface area contributed by atoms with Crippen molar-refractivity contribution in [2.75, 3.05) is 0 Å². The zero-order valence-corrected chi connectivity index (χ0v) is 6.66. The van der Waals surface area contributed by atoms with Crippen molar-refractivity contribution in [3.63, 3.8) is 0 Å². The van der Waals surface area contributed by atoms with Gasteiger partial charge >= 0.3 is 28.2 Å². The molecule has 0 aliphatic rings. The molecule has 8 heavy (non-hydrogen) atoms. The Morgan fingerprint density at radius 2 is 1.75 bits per heavy atom. The third-order valence-corrected chi connectivity index (χ3v) is 0.545. The van der Waals surface area contributed by atoms with Gasteiger partial charge in [0.2, 0.25) is 0 Å². The molecule has 0 saturated carbocycles. The Bertz CT molecular complexity index is 146. The quantitative estimate of drug-likeness (QED) is 0.371. The van der Waals surface area contributed by atoms with Crippen LogP contribution in [0.15, 0.2) is 11.2 Å². The summed E-state index contributed by atoms with van der Waals surface area (Å²) in [6.45, 7) is 12.5. The number of rotatable bonds is 0. The third-order valence-electron chi connectivity index (χ3n) is 0.335. The van der Waals surface area contributed by atoms with Crippen molar-refractivity contribution < 1.29 is 22.4 Å². The van der Waals surface area contributed by atoms with E-state index in [0.717, 1.165) is 5.41 Å². The van der Waals surface area contributed by atoms with Crippen molar-refractivity contribution in [3.8, 4) is 0 Å². The summed E-state index contributed by atoms with van der Waals surface area (Å²) in [7, 11) is 0. The average Bonchev–Trinajstić information content (AvgIpc) is 1.72. The van der Waals surface area contributed by atoms with Crippen LogP contribution in [-0.2, 0) is 35.0 Å². The summed E-state index contributed by atoms with van der Waals surface area (Å²) in [5.74, 6) is -0.0463. The van der Waals surface area contributed by atoms with Gasteiger partial charge in [0.15, 0.2) is 0 Å². The molecule has 0 radical (unpaired) electrons. The molecule has 0 aliphatic heterocycles. The van der Waals surface area contributed by atoms with E-state index in [-0.39, 0.29) is 28.2 Å². The van der Waals surface area contributed by atoms with E-state index in [1.807, 2.05) is 0 Å². The van der Waals surface area contributed by atoms with E-state index >= 15 is 0 Å². The summed E-state index contributed by atoms with van der Waals surface area (Å²) in [5.41, 5.74) is 0.